The number of rotatable bonds is 6. The van der Waals surface area contributed by atoms with Crippen molar-refractivity contribution in [2.75, 3.05) is 25.7 Å². The van der Waals surface area contributed by atoms with Crippen molar-refractivity contribution in [2.24, 2.45) is 0 Å². The van der Waals surface area contributed by atoms with Crippen molar-refractivity contribution >= 4 is 33.0 Å². The predicted octanol–water partition coefficient (Wildman–Crippen LogP) is 2.16. The van der Waals surface area contributed by atoms with Gasteiger partial charge in [-0.1, -0.05) is 11.6 Å². The normalized spacial score (nSPS) is 11.5. The molecule has 0 aliphatic carbocycles. The van der Waals surface area contributed by atoms with Crippen LogP contribution in [0.3, 0.4) is 0 Å². The molecule has 0 aliphatic heterocycles. The Balaban J connectivity index is 2.43. The van der Waals surface area contributed by atoms with Crippen LogP contribution >= 0.6 is 11.6 Å². The molecule has 1 aromatic heterocycles. The lowest BCUT2D eigenvalue weighted by Crippen LogP contribution is -2.36. The van der Waals surface area contributed by atoms with Crippen LogP contribution in [-0.4, -0.2) is 39.7 Å². The average Bonchev–Trinajstić information content (AvgIpc) is 2.96. The van der Waals surface area contributed by atoms with Crippen molar-refractivity contribution in [3.63, 3.8) is 0 Å². The highest BCUT2D eigenvalue weighted by Crippen LogP contribution is 2.29. The van der Waals surface area contributed by atoms with Crippen LogP contribution in [0, 0.1) is 0 Å². The minimum atomic E-state index is -3.56. The molecule has 2 N–H and O–H groups in total. The van der Waals surface area contributed by atoms with Gasteiger partial charge in [0.2, 0.25) is 0 Å². The van der Waals surface area contributed by atoms with E-state index in [-0.39, 0.29) is 15.5 Å². The summed E-state index contributed by atoms with van der Waals surface area (Å²) in [7, 11) is -0.257. The molecule has 2 aromatic rings. The number of carbonyl (C=O) groups is 1. The molecular formula is C15H18ClN3O4S. The number of hydrogen-bond acceptors (Lipinski definition) is 6. The molecule has 0 saturated heterocycles. The maximum absolute atomic E-state index is 12.4. The van der Waals surface area contributed by atoms with Crippen LogP contribution < -0.4 is 10.7 Å². The highest BCUT2D eigenvalue weighted by atomic mass is 35.5. The number of amides is 1. The number of nitrogens with one attached hydrogen (secondary N) is 2. The third kappa shape index (κ3) is 4.50. The zero-order valence-corrected chi connectivity index (χ0v) is 15.0. The minimum Gasteiger partial charge on any atom is -0.467 e. The van der Waals surface area contributed by atoms with Crippen molar-refractivity contribution in [1.82, 2.24) is 10.4 Å². The van der Waals surface area contributed by atoms with Crippen LogP contribution in [0.15, 0.2) is 39.8 Å². The highest BCUT2D eigenvalue weighted by Gasteiger charge is 2.20. The molecular weight excluding hydrogens is 354 g/mol. The number of anilines is 1. The Bertz CT molecular complexity index is 833. The molecule has 24 heavy (non-hydrogen) atoms. The Morgan fingerprint density at radius 1 is 1.33 bits per heavy atom. The third-order valence-corrected chi connectivity index (χ3v) is 4.64. The Kier molecular flexibility index (Phi) is 5.53. The predicted molar refractivity (Wildman–Crippen MR) is 91.7 cm³/mol. The van der Waals surface area contributed by atoms with E-state index in [2.05, 4.69) is 10.7 Å². The molecule has 0 bridgehead atoms. The van der Waals surface area contributed by atoms with E-state index >= 15 is 0 Å². The molecule has 0 spiro atoms. The number of nitrogens with zero attached hydrogens (tertiary/aromatic N) is 1. The Morgan fingerprint density at radius 2 is 2.04 bits per heavy atom. The van der Waals surface area contributed by atoms with Crippen LogP contribution in [-0.2, 0) is 16.4 Å². The van der Waals surface area contributed by atoms with Gasteiger partial charge < -0.3 is 9.73 Å². The number of carbonyl (C=O) groups excluding carboxylic acids is 1. The maximum Gasteiger partial charge on any atom is 0.267 e. The summed E-state index contributed by atoms with van der Waals surface area (Å²) in [6.45, 7) is 0.323. The third-order valence-electron chi connectivity index (χ3n) is 3.07. The summed E-state index contributed by atoms with van der Waals surface area (Å²) in [5.74, 6) is 0.209. The van der Waals surface area contributed by atoms with E-state index in [1.807, 2.05) is 0 Å². The molecule has 0 aliphatic rings. The SMILES string of the molecule is CN(C)NC(=O)c1cc(S(C)(=O)=O)c(Cl)cc1NCc1ccco1. The zero-order valence-electron chi connectivity index (χ0n) is 13.5. The molecule has 1 aromatic carbocycles. The quantitative estimate of drug-likeness (QED) is 0.756. The summed E-state index contributed by atoms with van der Waals surface area (Å²) in [5, 5.41) is 4.55. The largest absolute Gasteiger partial charge is 0.467 e. The topological polar surface area (TPSA) is 91.7 Å². The van der Waals surface area contributed by atoms with Crippen molar-refractivity contribution in [3.05, 3.63) is 46.9 Å². The van der Waals surface area contributed by atoms with Crippen LogP contribution in [0.2, 0.25) is 5.02 Å². The second kappa shape index (κ2) is 7.25. The zero-order chi connectivity index (χ0) is 17.9. The van der Waals surface area contributed by atoms with Gasteiger partial charge >= 0.3 is 0 Å². The fourth-order valence-electron chi connectivity index (χ4n) is 2.03. The van der Waals surface area contributed by atoms with Crippen LogP contribution in [0.25, 0.3) is 0 Å². The summed E-state index contributed by atoms with van der Waals surface area (Å²) < 4.78 is 28.9. The second-order valence-corrected chi connectivity index (χ2v) is 7.76. The fraction of sp³-hybridized carbons (Fsp3) is 0.267. The number of halogens is 1. The number of sulfone groups is 1. The first kappa shape index (κ1) is 18.3. The molecule has 0 saturated carbocycles. The van der Waals surface area contributed by atoms with E-state index in [1.165, 1.54) is 23.4 Å². The minimum absolute atomic E-state index is 0.0425. The van der Waals surface area contributed by atoms with E-state index in [0.29, 0.717) is 18.0 Å². The molecule has 0 atom stereocenters. The van der Waals surface area contributed by atoms with Gasteiger partial charge in [-0.15, -0.1) is 0 Å². The van der Waals surface area contributed by atoms with Gasteiger partial charge in [-0.3, -0.25) is 10.2 Å². The van der Waals surface area contributed by atoms with Gasteiger partial charge in [0.25, 0.3) is 5.91 Å². The molecule has 2 rings (SSSR count). The Morgan fingerprint density at radius 3 is 2.58 bits per heavy atom. The lowest BCUT2D eigenvalue weighted by molar-refractivity contribution is 0.0857. The molecule has 0 fully saturated rings. The van der Waals surface area contributed by atoms with Gasteiger partial charge in [0.1, 0.15) is 5.76 Å². The lowest BCUT2D eigenvalue weighted by atomic mass is 10.1. The number of hydrogen-bond donors (Lipinski definition) is 2. The maximum atomic E-state index is 12.4. The van der Waals surface area contributed by atoms with E-state index in [9.17, 15) is 13.2 Å². The lowest BCUT2D eigenvalue weighted by Gasteiger charge is -2.17. The fourth-order valence-corrected chi connectivity index (χ4v) is 3.36. The average molecular weight is 372 g/mol. The number of benzene rings is 1. The van der Waals surface area contributed by atoms with E-state index in [1.54, 1.807) is 26.2 Å². The molecule has 0 unspecified atom stereocenters. The molecule has 7 nitrogen and oxygen atoms in total. The molecule has 130 valence electrons. The monoisotopic (exact) mass is 371 g/mol. The summed E-state index contributed by atoms with van der Waals surface area (Å²) in [6.07, 6.45) is 2.58. The second-order valence-electron chi connectivity index (χ2n) is 5.37. The molecule has 0 radical (unpaired) electrons. The van der Waals surface area contributed by atoms with Crippen molar-refractivity contribution in [3.8, 4) is 0 Å². The van der Waals surface area contributed by atoms with Gasteiger partial charge in [0, 0.05) is 26.0 Å². The number of hydrazine groups is 1. The van der Waals surface area contributed by atoms with Crippen LogP contribution in [0.5, 0.6) is 0 Å². The first-order valence-corrected chi connectivity index (χ1v) is 9.23. The highest BCUT2D eigenvalue weighted by molar-refractivity contribution is 7.90. The van der Waals surface area contributed by atoms with E-state index in [0.717, 1.165) is 6.26 Å². The molecule has 1 amide bonds. The van der Waals surface area contributed by atoms with Gasteiger partial charge in [-0.05, 0) is 24.3 Å². The molecule has 1 heterocycles. The van der Waals surface area contributed by atoms with Crippen molar-refractivity contribution < 1.29 is 17.6 Å². The first-order valence-electron chi connectivity index (χ1n) is 6.96. The van der Waals surface area contributed by atoms with Crippen LogP contribution in [0.4, 0.5) is 5.69 Å². The van der Waals surface area contributed by atoms with Gasteiger partial charge in [0.15, 0.2) is 9.84 Å². The summed E-state index contributed by atoms with van der Waals surface area (Å²) in [5.41, 5.74) is 3.16. The van der Waals surface area contributed by atoms with Crippen molar-refractivity contribution in [1.29, 1.82) is 0 Å². The van der Waals surface area contributed by atoms with Gasteiger partial charge in [-0.2, -0.15) is 0 Å². The summed E-state index contributed by atoms with van der Waals surface area (Å²) in [6, 6.07) is 6.21. The standard InChI is InChI=1S/C15H18ClN3O4S/c1-19(2)18-15(20)11-7-14(24(3,21)22)12(16)8-13(11)17-9-10-5-4-6-23-10/h4-8,17H,9H2,1-3H3,(H,18,20). The van der Waals surface area contributed by atoms with E-state index < -0.39 is 15.7 Å². The van der Waals surface area contributed by atoms with Crippen LogP contribution in [0.1, 0.15) is 16.1 Å². The van der Waals surface area contributed by atoms with Crippen molar-refractivity contribution in [2.45, 2.75) is 11.4 Å². The number of furan rings is 1. The van der Waals surface area contributed by atoms with E-state index in [4.69, 9.17) is 16.0 Å². The summed E-state index contributed by atoms with van der Waals surface area (Å²) in [4.78, 5) is 12.3. The first-order chi connectivity index (χ1) is 11.2. The molecule has 9 heteroatoms. The summed E-state index contributed by atoms with van der Waals surface area (Å²) >= 11 is 6.07. The Hall–Kier alpha value is -2.03. The smallest absolute Gasteiger partial charge is 0.267 e. The Labute approximate surface area is 145 Å². The van der Waals surface area contributed by atoms with Gasteiger partial charge in [0.05, 0.1) is 28.3 Å². The van der Waals surface area contributed by atoms with Gasteiger partial charge in [-0.25, -0.2) is 13.4 Å².